The van der Waals surface area contributed by atoms with Crippen molar-refractivity contribution < 1.29 is 14.0 Å². The summed E-state index contributed by atoms with van der Waals surface area (Å²) in [4.78, 5) is 29.9. The summed E-state index contributed by atoms with van der Waals surface area (Å²) < 4.78 is 5.31. The fraction of sp³-hybridized carbons (Fsp3) is 0.647. The van der Waals surface area contributed by atoms with E-state index in [0.717, 1.165) is 38.4 Å². The molecule has 2 rings (SSSR count). The number of furan rings is 1. The van der Waals surface area contributed by atoms with E-state index in [1.54, 1.807) is 25.3 Å². The highest BCUT2D eigenvalue weighted by Gasteiger charge is 2.20. The minimum absolute atomic E-state index is 0.00304. The Morgan fingerprint density at radius 3 is 2.46 bits per heavy atom. The second-order valence-electron chi connectivity index (χ2n) is 6.50. The van der Waals surface area contributed by atoms with Crippen molar-refractivity contribution in [1.29, 1.82) is 0 Å². The number of nitrogens with one attached hydrogen (secondary N) is 1. The third-order valence-corrected chi connectivity index (χ3v) is 4.25. The van der Waals surface area contributed by atoms with Crippen molar-refractivity contribution in [3.63, 3.8) is 0 Å². The van der Waals surface area contributed by atoms with Gasteiger partial charge in [-0.05, 0) is 38.6 Å². The number of nitrogens with zero attached hydrogens (tertiary/aromatic N) is 3. The van der Waals surface area contributed by atoms with Gasteiger partial charge in [0.2, 0.25) is 11.8 Å². The van der Waals surface area contributed by atoms with Crippen molar-refractivity contribution in [3.8, 4) is 0 Å². The predicted octanol–water partition coefficient (Wildman–Crippen LogP) is 0.553. The third-order valence-electron chi connectivity index (χ3n) is 4.25. The molecule has 0 bridgehead atoms. The van der Waals surface area contributed by atoms with Crippen LogP contribution in [0, 0.1) is 0 Å². The molecule has 0 radical (unpaired) electrons. The molecule has 0 aromatic carbocycles. The fourth-order valence-corrected chi connectivity index (χ4v) is 2.77. The molecule has 134 valence electrons. The second kappa shape index (κ2) is 8.84. The van der Waals surface area contributed by atoms with Crippen molar-refractivity contribution in [1.82, 2.24) is 20.0 Å². The van der Waals surface area contributed by atoms with E-state index in [2.05, 4.69) is 15.1 Å². The van der Waals surface area contributed by atoms with Gasteiger partial charge in [0.15, 0.2) is 0 Å². The fourth-order valence-electron chi connectivity index (χ4n) is 2.77. The molecule has 1 N–H and O–H groups in total. The summed E-state index contributed by atoms with van der Waals surface area (Å²) >= 11 is 0. The molecule has 0 spiro atoms. The van der Waals surface area contributed by atoms with Gasteiger partial charge in [-0.1, -0.05) is 0 Å². The Morgan fingerprint density at radius 2 is 1.88 bits per heavy atom. The molecule has 0 aliphatic carbocycles. The molecule has 1 saturated heterocycles. The number of likely N-dealkylation sites (N-methyl/N-ethyl adjacent to an activating group) is 1. The Balaban J connectivity index is 1.75. The number of rotatable bonds is 6. The van der Waals surface area contributed by atoms with Crippen LogP contribution in [0.1, 0.15) is 25.1 Å². The predicted molar refractivity (Wildman–Crippen MR) is 91.5 cm³/mol. The highest BCUT2D eigenvalue weighted by atomic mass is 16.3. The average Bonchev–Trinajstić information content (AvgIpc) is 2.98. The van der Waals surface area contributed by atoms with Crippen LogP contribution in [0.25, 0.3) is 0 Å². The van der Waals surface area contributed by atoms with E-state index in [9.17, 15) is 9.59 Å². The first-order valence-corrected chi connectivity index (χ1v) is 8.43. The first kappa shape index (κ1) is 18.5. The number of carbonyl (C=O) groups excluding carboxylic acids is 2. The zero-order valence-corrected chi connectivity index (χ0v) is 14.8. The number of hydrogen-bond donors (Lipinski definition) is 1. The quantitative estimate of drug-likeness (QED) is 0.822. The van der Waals surface area contributed by atoms with Crippen LogP contribution in [-0.2, 0) is 9.59 Å². The summed E-state index contributed by atoms with van der Waals surface area (Å²) in [5.41, 5.74) is 0. The molecule has 1 aliphatic rings. The second-order valence-corrected chi connectivity index (χ2v) is 6.50. The first-order chi connectivity index (χ1) is 11.5. The molecule has 0 saturated carbocycles. The SMILES string of the molecule is CC(NC(=O)CN1CCCN(CC(=O)N(C)C)CC1)c1ccco1. The van der Waals surface area contributed by atoms with E-state index in [4.69, 9.17) is 4.42 Å². The van der Waals surface area contributed by atoms with Gasteiger partial charge in [-0.2, -0.15) is 0 Å². The molecule has 1 aromatic heterocycles. The van der Waals surface area contributed by atoms with Crippen molar-refractivity contribution in [2.75, 3.05) is 53.4 Å². The van der Waals surface area contributed by atoms with Gasteiger partial charge in [-0.3, -0.25) is 19.4 Å². The lowest BCUT2D eigenvalue weighted by atomic mass is 10.2. The lowest BCUT2D eigenvalue weighted by molar-refractivity contribution is -0.130. The van der Waals surface area contributed by atoms with Crippen LogP contribution in [0.15, 0.2) is 22.8 Å². The molecule has 2 amide bonds. The van der Waals surface area contributed by atoms with Gasteiger partial charge in [-0.15, -0.1) is 0 Å². The standard InChI is InChI=1S/C17H28N4O3/c1-14(15-6-4-11-24-15)18-16(22)12-20-7-5-8-21(10-9-20)13-17(23)19(2)3/h4,6,11,14H,5,7-10,12-13H2,1-3H3,(H,18,22). The van der Waals surface area contributed by atoms with Gasteiger partial charge in [-0.25, -0.2) is 0 Å². The summed E-state index contributed by atoms with van der Waals surface area (Å²) in [6, 6.07) is 3.54. The average molecular weight is 336 g/mol. The third kappa shape index (κ3) is 5.65. The van der Waals surface area contributed by atoms with Crippen LogP contribution < -0.4 is 5.32 Å². The van der Waals surface area contributed by atoms with E-state index >= 15 is 0 Å². The van der Waals surface area contributed by atoms with Crippen LogP contribution in [0.5, 0.6) is 0 Å². The van der Waals surface area contributed by atoms with Gasteiger partial charge in [0, 0.05) is 27.2 Å². The first-order valence-electron chi connectivity index (χ1n) is 8.43. The van der Waals surface area contributed by atoms with Crippen LogP contribution in [0.3, 0.4) is 0 Å². The van der Waals surface area contributed by atoms with Crippen LogP contribution in [0.4, 0.5) is 0 Å². The van der Waals surface area contributed by atoms with E-state index in [1.165, 1.54) is 0 Å². The zero-order valence-electron chi connectivity index (χ0n) is 14.8. The molecular formula is C17H28N4O3. The van der Waals surface area contributed by atoms with E-state index in [1.807, 2.05) is 19.1 Å². The summed E-state index contributed by atoms with van der Waals surface area (Å²) in [7, 11) is 3.55. The monoisotopic (exact) mass is 336 g/mol. The maximum atomic E-state index is 12.2. The topological polar surface area (TPSA) is 69.0 Å². The molecule has 2 heterocycles. The molecule has 7 heteroatoms. The summed E-state index contributed by atoms with van der Waals surface area (Å²) in [5.74, 6) is 0.873. The zero-order chi connectivity index (χ0) is 17.5. The smallest absolute Gasteiger partial charge is 0.236 e. The number of hydrogen-bond acceptors (Lipinski definition) is 5. The van der Waals surface area contributed by atoms with Gasteiger partial charge < -0.3 is 14.6 Å². The molecule has 1 atom stereocenters. The van der Waals surface area contributed by atoms with Crippen molar-refractivity contribution in [3.05, 3.63) is 24.2 Å². The summed E-state index contributed by atoms with van der Waals surface area (Å²) in [6.07, 6.45) is 2.57. The van der Waals surface area contributed by atoms with Crippen molar-refractivity contribution in [2.45, 2.75) is 19.4 Å². The molecule has 1 aliphatic heterocycles. The van der Waals surface area contributed by atoms with Crippen molar-refractivity contribution in [2.24, 2.45) is 0 Å². The Kier molecular flexibility index (Phi) is 6.81. The Bertz CT molecular complexity index is 530. The molecule has 7 nitrogen and oxygen atoms in total. The minimum Gasteiger partial charge on any atom is -0.467 e. The molecule has 1 unspecified atom stereocenters. The minimum atomic E-state index is -0.131. The number of amides is 2. The molecule has 1 fully saturated rings. The number of carbonyl (C=O) groups is 2. The highest BCUT2D eigenvalue weighted by Crippen LogP contribution is 2.12. The molecule has 24 heavy (non-hydrogen) atoms. The van der Waals surface area contributed by atoms with E-state index in [-0.39, 0.29) is 17.9 Å². The van der Waals surface area contributed by atoms with Crippen LogP contribution in [-0.4, -0.2) is 79.9 Å². The molecular weight excluding hydrogens is 308 g/mol. The Labute approximate surface area is 143 Å². The normalized spacial score (nSPS) is 18.0. The lowest BCUT2D eigenvalue weighted by Gasteiger charge is -2.22. The van der Waals surface area contributed by atoms with Gasteiger partial charge >= 0.3 is 0 Å². The Hall–Kier alpha value is -1.86. The van der Waals surface area contributed by atoms with Crippen molar-refractivity contribution >= 4 is 11.8 Å². The highest BCUT2D eigenvalue weighted by molar-refractivity contribution is 5.78. The van der Waals surface area contributed by atoms with Crippen LogP contribution >= 0.6 is 0 Å². The lowest BCUT2D eigenvalue weighted by Crippen LogP contribution is -2.41. The Morgan fingerprint density at radius 1 is 1.21 bits per heavy atom. The molecule has 1 aromatic rings. The maximum Gasteiger partial charge on any atom is 0.236 e. The van der Waals surface area contributed by atoms with E-state index < -0.39 is 0 Å². The van der Waals surface area contributed by atoms with Crippen LogP contribution in [0.2, 0.25) is 0 Å². The van der Waals surface area contributed by atoms with Gasteiger partial charge in [0.25, 0.3) is 0 Å². The summed E-state index contributed by atoms with van der Waals surface area (Å²) in [6.45, 7) is 6.09. The largest absolute Gasteiger partial charge is 0.467 e. The van der Waals surface area contributed by atoms with E-state index in [0.29, 0.717) is 13.1 Å². The van der Waals surface area contributed by atoms with Gasteiger partial charge in [0.05, 0.1) is 25.4 Å². The summed E-state index contributed by atoms with van der Waals surface area (Å²) in [5, 5.41) is 2.96. The maximum absolute atomic E-state index is 12.2. The van der Waals surface area contributed by atoms with Gasteiger partial charge in [0.1, 0.15) is 5.76 Å².